The SMILES string of the molecule is CC1(C(=O)Nc2cc(Cl)c(O)c(Cl)c2)COCC1N. The number of carbonyl (C=O) groups excluding carboxylic acids is 1. The first-order chi connectivity index (χ1) is 8.84. The minimum absolute atomic E-state index is 0.0694. The van der Waals surface area contributed by atoms with Crippen molar-refractivity contribution in [3.63, 3.8) is 0 Å². The lowest BCUT2D eigenvalue weighted by molar-refractivity contribution is -0.125. The summed E-state index contributed by atoms with van der Waals surface area (Å²) in [7, 11) is 0. The molecule has 104 valence electrons. The summed E-state index contributed by atoms with van der Waals surface area (Å²) < 4.78 is 5.22. The average Bonchev–Trinajstić information content (AvgIpc) is 2.68. The van der Waals surface area contributed by atoms with Crippen molar-refractivity contribution in [3.05, 3.63) is 22.2 Å². The van der Waals surface area contributed by atoms with Crippen molar-refractivity contribution < 1.29 is 14.6 Å². The molecule has 2 unspecified atom stereocenters. The van der Waals surface area contributed by atoms with Gasteiger partial charge < -0.3 is 20.9 Å². The number of halogens is 2. The minimum atomic E-state index is -0.795. The number of hydrogen-bond donors (Lipinski definition) is 3. The second-order valence-corrected chi connectivity index (χ2v) is 5.60. The number of phenolic OH excluding ortho intramolecular Hbond substituents is 1. The smallest absolute Gasteiger partial charge is 0.234 e. The quantitative estimate of drug-likeness (QED) is 0.730. The summed E-state index contributed by atoms with van der Waals surface area (Å²) in [6.07, 6.45) is 0. The van der Waals surface area contributed by atoms with E-state index in [4.69, 9.17) is 33.7 Å². The largest absolute Gasteiger partial charge is 0.505 e. The van der Waals surface area contributed by atoms with Gasteiger partial charge in [-0.3, -0.25) is 4.79 Å². The Morgan fingerprint density at radius 3 is 2.58 bits per heavy atom. The summed E-state index contributed by atoms with van der Waals surface area (Å²) in [5.41, 5.74) is 5.48. The molecule has 0 spiro atoms. The number of anilines is 1. The van der Waals surface area contributed by atoms with E-state index in [2.05, 4.69) is 5.32 Å². The molecule has 19 heavy (non-hydrogen) atoms. The highest BCUT2D eigenvalue weighted by molar-refractivity contribution is 6.37. The van der Waals surface area contributed by atoms with E-state index in [9.17, 15) is 9.90 Å². The maximum Gasteiger partial charge on any atom is 0.234 e. The van der Waals surface area contributed by atoms with E-state index in [1.54, 1.807) is 6.92 Å². The number of ether oxygens (including phenoxy) is 1. The second kappa shape index (κ2) is 5.17. The predicted molar refractivity (Wildman–Crippen MR) is 73.7 cm³/mol. The van der Waals surface area contributed by atoms with Crippen LogP contribution in [-0.2, 0) is 9.53 Å². The molecule has 1 heterocycles. The number of nitrogens with one attached hydrogen (secondary N) is 1. The van der Waals surface area contributed by atoms with Crippen LogP contribution in [0.3, 0.4) is 0 Å². The zero-order chi connectivity index (χ0) is 14.2. The summed E-state index contributed by atoms with van der Waals surface area (Å²) in [5.74, 6) is -0.483. The Morgan fingerprint density at radius 2 is 2.11 bits per heavy atom. The molecule has 5 nitrogen and oxygen atoms in total. The number of hydrogen-bond acceptors (Lipinski definition) is 4. The van der Waals surface area contributed by atoms with E-state index in [0.717, 1.165) is 0 Å². The highest BCUT2D eigenvalue weighted by atomic mass is 35.5. The molecular weight excluding hydrogens is 291 g/mol. The molecule has 1 amide bonds. The highest BCUT2D eigenvalue weighted by Crippen LogP contribution is 2.35. The van der Waals surface area contributed by atoms with Crippen LogP contribution >= 0.6 is 23.2 Å². The fourth-order valence-electron chi connectivity index (χ4n) is 1.83. The van der Waals surface area contributed by atoms with Gasteiger partial charge in [-0.05, 0) is 19.1 Å². The normalized spacial score (nSPS) is 26.4. The van der Waals surface area contributed by atoms with Crippen molar-refractivity contribution >= 4 is 34.8 Å². The van der Waals surface area contributed by atoms with Crippen LogP contribution in [0, 0.1) is 5.41 Å². The molecule has 0 radical (unpaired) electrons. The molecule has 4 N–H and O–H groups in total. The molecule has 2 rings (SSSR count). The Bertz CT molecular complexity index is 501. The van der Waals surface area contributed by atoms with Crippen molar-refractivity contribution in [1.82, 2.24) is 0 Å². The number of benzene rings is 1. The number of amides is 1. The standard InChI is InChI=1S/C12H14Cl2N2O3/c1-12(5-19-4-9(12)15)11(18)16-6-2-7(13)10(17)8(14)3-6/h2-3,9,17H,4-5,15H2,1H3,(H,16,18). The molecular formula is C12H14Cl2N2O3. The Kier molecular flexibility index (Phi) is 3.92. The van der Waals surface area contributed by atoms with Gasteiger partial charge in [0, 0.05) is 11.7 Å². The van der Waals surface area contributed by atoms with Crippen molar-refractivity contribution in [1.29, 1.82) is 0 Å². The van der Waals surface area contributed by atoms with Crippen LogP contribution in [0.5, 0.6) is 5.75 Å². The van der Waals surface area contributed by atoms with Gasteiger partial charge in [0.05, 0.1) is 28.7 Å². The summed E-state index contributed by atoms with van der Waals surface area (Å²) in [5, 5.41) is 12.3. The van der Waals surface area contributed by atoms with Gasteiger partial charge in [0.2, 0.25) is 5.91 Å². The fourth-order valence-corrected chi connectivity index (χ4v) is 2.32. The Morgan fingerprint density at radius 1 is 1.53 bits per heavy atom. The molecule has 1 aromatic carbocycles. The first kappa shape index (κ1) is 14.4. The minimum Gasteiger partial charge on any atom is -0.505 e. The topological polar surface area (TPSA) is 84.6 Å². The van der Waals surface area contributed by atoms with E-state index >= 15 is 0 Å². The number of rotatable bonds is 2. The van der Waals surface area contributed by atoms with Crippen molar-refractivity contribution in [2.45, 2.75) is 13.0 Å². The number of phenols is 1. The van der Waals surface area contributed by atoms with Crippen molar-refractivity contribution in [2.24, 2.45) is 11.1 Å². The Balaban J connectivity index is 2.20. The molecule has 0 saturated carbocycles. The molecule has 0 bridgehead atoms. The van der Waals surface area contributed by atoms with Gasteiger partial charge in [-0.15, -0.1) is 0 Å². The first-order valence-corrected chi connectivity index (χ1v) is 6.43. The molecule has 0 aliphatic carbocycles. The summed E-state index contributed by atoms with van der Waals surface area (Å²) in [6, 6.07) is 2.48. The van der Waals surface area contributed by atoms with Crippen LogP contribution < -0.4 is 11.1 Å². The third-order valence-corrected chi connectivity index (χ3v) is 3.89. The van der Waals surface area contributed by atoms with Crippen LogP contribution in [0.15, 0.2) is 12.1 Å². The second-order valence-electron chi connectivity index (χ2n) is 4.78. The number of aromatic hydroxyl groups is 1. The Labute approximate surface area is 120 Å². The van der Waals surface area contributed by atoms with E-state index < -0.39 is 5.41 Å². The van der Waals surface area contributed by atoms with E-state index in [0.29, 0.717) is 12.3 Å². The maximum absolute atomic E-state index is 12.2. The van der Waals surface area contributed by atoms with Crippen LogP contribution in [0.1, 0.15) is 6.92 Å². The van der Waals surface area contributed by atoms with Gasteiger partial charge in [-0.25, -0.2) is 0 Å². The third kappa shape index (κ3) is 2.65. The number of carbonyl (C=O) groups is 1. The Hall–Kier alpha value is -1.01. The van der Waals surface area contributed by atoms with E-state index in [-0.39, 0.29) is 34.4 Å². The van der Waals surface area contributed by atoms with Gasteiger partial charge in [-0.1, -0.05) is 23.2 Å². The van der Waals surface area contributed by atoms with E-state index in [1.165, 1.54) is 12.1 Å². The van der Waals surface area contributed by atoms with Crippen LogP contribution in [-0.4, -0.2) is 30.3 Å². The zero-order valence-corrected chi connectivity index (χ0v) is 11.8. The zero-order valence-electron chi connectivity index (χ0n) is 10.2. The number of nitrogens with two attached hydrogens (primary N) is 1. The van der Waals surface area contributed by atoms with Crippen molar-refractivity contribution in [3.8, 4) is 5.75 Å². The fraction of sp³-hybridized carbons (Fsp3) is 0.417. The highest BCUT2D eigenvalue weighted by Gasteiger charge is 2.44. The molecule has 1 aliphatic heterocycles. The molecule has 2 atom stereocenters. The van der Waals surface area contributed by atoms with Gasteiger partial charge in [0.1, 0.15) is 0 Å². The molecule has 1 aromatic rings. The first-order valence-electron chi connectivity index (χ1n) is 5.67. The lowest BCUT2D eigenvalue weighted by atomic mass is 9.85. The van der Waals surface area contributed by atoms with Gasteiger partial charge in [-0.2, -0.15) is 0 Å². The molecule has 1 saturated heterocycles. The molecule has 7 heteroatoms. The lowest BCUT2D eigenvalue weighted by Gasteiger charge is -2.25. The summed E-state index contributed by atoms with van der Waals surface area (Å²) in [4.78, 5) is 12.2. The molecule has 0 aromatic heterocycles. The average molecular weight is 305 g/mol. The summed E-state index contributed by atoms with van der Waals surface area (Å²) >= 11 is 11.6. The molecule has 1 fully saturated rings. The third-order valence-electron chi connectivity index (χ3n) is 3.31. The monoisotopic (exact) mass is 304 g/mol. The predicted octanol–water partition coefficient (Wildman–Crippen LogP) is 2.00. The molecule has 1 aliphatic rings. The van der Waals surface area contributed by atoms with E-state index in [1.807, 2.05) is 0 Å². The van der Waals surface area contributed by atoms with Crippen LogP contribution in [0.25, 0.3) is 0 Å². The van der Waals surface area contributed by atoms with Gasteiger partial charge >= 0.3 is 0 Å². The maximum atomic E-state index is 12.2. The van der Waals surface area contributed by atoms with Gasteiger partial charge in [0.15, 0.2) is 5.75 Å². The lowest BCUT2D eigenvalue weighted by Crippen LogP contribution is -2.47. The van der Waals surface area contributed by atoms with Crippen LogP contribution in [0.4, 0.5) is 5.69 Å². The van der Waals surface area contributed by atoms with Crippen LogP contribution in [0.2, 0.25) is 10.0 Å². The summed E-state index contributed by atoms with van der Waals surface area (Å²) in [6.45, 7) is 2.35. The van der Waals surface area contributed by atoms with Gasteiger partial charge in [0.25, 0.3) is 0 Å². The van der Waals surface area contributed by atoms with Crippen molar-refractivity contribution in [2.75, 3.05) is 18.5 Å².